The van der Waals surface area contributed by atoms with Crippen molar-refractivity contribution in [3.63, 3.8) is 0 Å². The first kappa shape index (κ1) is 10.4. The summed E-state index contributed by atoms with van der Waals surface area (Å²) in [6.07, 6.45) is 7.23. The number of hydrogen-bond acceptors (Lipinski definition) is 2. The minimum Gasteiger partial charge on any atom is -0.317 e. The molecule has 2 heterocycles. The third-order valence-electron chi connectivity index (χ3n) is 3.89. The van der Waals surface area contributed by atoms with Crippen LogP contribution in [0, 0.1) is 5.92 Å². The van der Waals surface area contributed by atoms with Gasteiger partial charge in [0, 0.05) is 6.04 Å². The monoisotopic (exact) mass is 196 g/mol. The maximum Gasteiger partial charge on any atom is 0.0136 e. The number of piperidine rings is 2. The Morgan fingerprint density at radius 2 is 2.00 bits per heavy atom. The first-order chi connectivity index (χ1) is 6.92. The predicted octanol–water partition coefficient (Wildman–Crippen LogP) is 1.86. The van der Waals surface area contributed by atoms with E-state index in [4.69, 9.17) is 0 Å². The number of hydrogen-bond donors (Lipinski definition) is 1. The summed E-state index contributed by atoms with van der Waals surface area (Å²) in [5.41, 5.74) is 0. The van der Waals surface area contributed by atoms with Crippen molar-refractivity contribution in [2.45, 2.75) is 45.1 Å². The molecule has 0 saturated carbocycles. The second kappa shape index (κ2) is 5.13. The van der Waals surface area contributed by atoms with Crippen molar-refractivity contribution in [3.8, 4) is 0 Å². The molecule has 0 spiro atoms. The van der Waals surface area contributed by atoms with Crippen molar-refractivity contribution >= 4 is 0 Å². The minimum absolute atomic E-state index is 0.913. The summed E-state index contributed by atoms with van der Waals surface area (Å²) in [6, 6.07) is 0.913. The Balaban J connectivity index is 1.88. The van der Waals surface area contributed by atoms with Crippen LogP contribution in [0.3, 0.4) is 0 Å². The summed E-state index contributed by atoms with van der Waals surface area (Å²) in [4.78, 5) is 2.75. The fraction of sp³-hybridized carbons (Fsp3) is 1.00. The SMILES string of the molecule is CCNC[C@@H]1CCCN2CCCC[C@H]12. The maximum absolute atomic E-state index is 3.52. The normalized spacial score (nSPS) is 34.1. The molecule has 0 aromatic rings. The van der Waals surface area contributed by atoms with Gasteiger partial charge < -0.3 is 10.2 Å². The van der Waals surface area contributed by atoms with Crippen molar-refractivity contribution < 1.29 is 0 Å². The third kappa shape index (κ3) is 2.29. The van der Waals surface area contributed by atoms with Crippen LogP contribution in [0.2, 0.25) is 0 Å². The largest absolute Gasteiger partial charge is 0.317 e. The molecule has 2 heteroatoms. The lowest BCUT2D eigenvalue weighted by Gasteiger charge is -2.44. The summed E-state index contributed by atoms with van der Waals surface area (Å²) in [5.74, 6) is 0.934. The summed E-state index contributed by atoms with van der Waals surface area (Å²) < 4.78 is 0. The molecule has 0 bridgehead atoms. The van der Waals surface area contributed by atoms with Crippen molar-refractivity contribution in [1.29, 1.82) is 0 Å². The highest BCUT2D eigenvalue weighted by Crippen LogP contribution is 2.30. The highest BCUT2D eigenvalue weighted by atomic mass is 15.2. The minimum atomic E-state index is 0.913. The lowest BCUT2D eigenvalue weighted by Crippen LogP contribution is -2.50. The van der Waals surface area contributed by atoms with Gasteiger partial charge in [-0.25, -0.2) is 0 Å². The van der Waals surface area contributed by atoms with Crippen LogP contribution in [0.15, 0.2) is 0 Å². The molecule has 0 amide bonds. The Labute approximate surface area is 88.1 Å². The predicted molar refractivity (Wildman–Crippen MR) is 60.5 cm³/mol. The van der Waals surface area contributed by atoms with E-state index in [2.05, 4.69) is 17.1 Å². The van der Waals surface area contributed by atoms with Gasteiger partial charge in [-0.3, -0.25) is 0 Å². The van der Waals surface area contributed by atoms with Gasteiger partial charge in [0.05, 0.1) is 0 Å². The molecule has 0 aliphatic carbocycles. The molecule has 2 atom stereocenters. The van der Waals surface area contributed by atoms with E-state index >= 15 is 0 Å². The molecule has 2 saturated heterocycles. The number of fused-ring (bicyclic) bond motifs is 1. The van der Waals surface area contributed by atoms with Crippen LogP contribution in [0.4, 0.5) is 0 Å². The molecule has 2 nitrogen and oxygen atoms in total. The lowest BCUT2D eigenvalue weighted by molar-refractivity contribution is 0.0597. The summed E-state index contributed by atoms with van der Waals surface area (Å²) >= 11 is 0. The smallest absolute Gasteiger partial charge is 0.0136 e. The quantitative estimate of drug-likeness (QED) is 0.741. The first-order valence-corrected chi connectivity index (χ1v) is 6.36. The van der Waals surface area contributed by atoms with E-state index in [9.17, 15) is 0 Å². The van der Waals surface area contributed by atoms with Crippen LogP contribution in [-0.4, -0.2) is 37.1 Å². The second-order valence-corrected chi connectivity index (χ2v) is 4.81. The van der Waals surface area contributed by atoms with Gasteiger partial charge in [0.1, 0.15) is 0 Å². The van der Waals surface area contributed by atoms with E-state index in [0.717, 1.165) is 18.5 Å². The molecule has 2 aliphatic heterocycles. The number of nitrogens with one attached hydrogen (secondary N) is 1. The van der Waals surface area contributed by atoms with Crippen molar-refractivity contribution in [2.24, 2.45) is 5.92 Å². The molecule has 14 heavy (non-hydrogen) atoms. The molecule has 82 valence electrons. The first-order valence-electron chi connectivity index (χ1n) is 6.36. The average molecular weight is 196 g/mol. The summed E-state index contributed by atoms with van der Waals surface area (Å²) in [5, 5.41) is 3.52. The van der Waals surface area contributed by atoms with Crippen LogP contribution in [-0.2, 0) is 0 Å². The molecule has 0 aromatic heterocycles. The lowest BCUT2D eigenvalue weighted by atomic mass is 9.83. The van der Waals surface area contributed by atoms with Crippen LogP contribution < -0.4 is 5.32 Å². The molecule has 1 N–H and O–H groups in total. The topological polar surface area (TPSA) is 15.3 Å². The highest BCUT2D eigenvalue weighted by Gasteiger charge is 2.32. The van der Waals surface area contributed by atoms with E-state index in [1.165, 1.54) is 51.7 Å². The van der Waals surface area contributed by atoms with Crippen molar-refractivity contribution in [3.05, 3.63) is 0 Å². The van der Waals surface area contributed by atoms with Gasteiger partial charge in [-0.05, 0) is 57.8 Å². The van der Waals surface area contributed by atoms with Crippen LogP contribution >= 0.6 is 0 Å². The molecule has 0 radical (unpaired) electrons. The van der Waals surface area contributed by atoms with E-state index in [-0.39, 0.29) is 0 Å². The van der Waals surface area contributed by atoms with E-state index in [1.54, 1.807) is 0 Å². The summed E-state index contributed by atoms with van der Waals surface area (Å²) in [6.45, 7) is 7.32. The van der Waals surface area contributed by atoms with Gasteiger partial charge in [-0.1, -0.05) is 13.3 Å². The van der Waals surface area contributed by atoms with Gasteiger partial charge in [0.25, 0.3) is 0 Å². The molecule has 2 rings (SSSR count). The number of nitrogens with zero attached hydrogens (tertiary/aromatic N) is 1. The standard InChI is InChI=1S/C12H24N2/c1-2-13-10-11-6-5-9-14-8-4-3-7-12(11)14/h11-13H,2-10H2,1H3/t11-,12+/m0/s1. The van der Waals surface area contributed by atoms with Gasteiger partial charge >= 0.3 is 0 Å². The fourth-order valence-corrected chi connectivity index (χ4v) is 3.15. The Bertz CT molecular complexity index is 168. The average Bonchev–Trinajstić information content (AvgIpc) is 2.26. The molecule has 0 aromatic carbocycles. The Morgan fingerprint density at radius 1 is 1.14 bits per heavy atom. The zero-order valence-electron chi connectivity index (χ0n) is 9.47. The van der Waals surface area contributed by atoms with E-state index in [1.807, 2.05) is 0 Å². The van der Waals surface area contributed by atoms with Crippen molar-refractivity contribution in [1.82, 2.24) is 10.2 Å². The van der Waals surface area contributed by atoms with E-state index < -0.39 is 0 Å². The molecular weight excluding hydrogens is 172 g/mol. The Hall–Kier alpha value is -0.0800. The van der Waals surface area contributed by atoms with Crippen LogP contribution in [0.5, 0.6) is 0 Å². The van der Waals surface area contributed by atoms with Crippen molar-refractivity contribution in [2.75, 3.05) is 26.2 Å². The number of rotatable bonds is 3. The molecule has 2 fully saturated rings. The maximum atomic E-state index is 3.52. The Kier molecular flexibility index (Phi) is 3.82. The summed E-state index contributed by atoms with van der Waals surface area (Å²) in [7, 11) is 0. The molecule has 2 aliphatic rings. The zero-order valence-corrected chi connectivity index (χ0v) is 9.47. The van der Waals surface area contributed by atoms with Gasteiger partial charge in [0.2, 0.25) is 0 Å². The highest BCUT2D eigenvalue weighted by molar-refractivity contribution is 4.87. The van der Waals surface area contributed by atoms with Gasteiger partial charge in [0.15, 0.2) is 0 Å². The van der Waals surface area contributed by atoms with Gasteiger partial charge in [-0.15, -0.1) is 0 Å². The zero-order chi connectivity index (χ0) is 9.80. The fourth-order valence-electron chi connectivity index (χ4n) is 3.15. The molecule has 0 unspecified atom stereocenters. The van der Waals surface area contributed by atoms with E-state index in [0.29, 0.717) is 0 Å². The molecular formula is C12H24N2. The third-order valence-corrected chi connectivity index (χ3v) is 3.89. The van der Waals surface area contributed by atoms with Crippen LogP contribution in [0.1, 0.15) is 39.0 Å². The van der Waals surface area contributed by atoms with Crippen LogP contribution in [0.25, 0.3) is 0 Å². The Morgan fingerprint density at radius 3 is 2.86 bits per heavy atom. The second-order valence-electron chi connectivity index (χ2n) is 4.81. The van der Waals surface area contributed by atoms with Gasteiger partial charge in [-0.2, -0.15) is 0 Å².